The van der Waals surface area contributed by atoms with Crippen molar-refractivity contribution in [3.05, 3.63) is 34.3 Å². The van der Waals surface area contributed by atoms with Crippen LogP contribution < -0.4 is 5.32 Å². The molecule has 1 aromatic carbocycles. The molecule has 19 heavy (non-hydrogen) atoms. The molecular weight excluding hydrogens is 314 g/mol. The van der Waals surface area contributed by atoms with Crippen molar-refractivity contribution < 1.29 is 19.8 Å². The number of benzene rings is 1. The van der Waals surface area contributed by atoms with E-state index in [1.54, 1.807) is 24.3 Å². The summed E-state index contributed by atoms with van der Waals surface area (Å²) in [5, 5.41) is 20.8. The monoisotopic (exact) mass is 329 g/mol. The van der Waals surface area contributed by atoms with E-state index >= 15 is 0 Å². The first kappa shape index (κ1) is 15.8. The average molecular weight is 330 g/mol. The molecule has 0 radical (unpaired) electrons. The Bertz CT molecular complexity index is 444. The molecule has 1 aromatic rings. The van der Waals surface area contributed by atoms with E-state index < -0.39 is 18.1 Å². The average Bonchev–Trinajstić information content (AvgIpc) is 2.34. The minimum Gasteiger partial charge on any atom is -0.480 e. The van der Waals surface area contributed by atoms with Crippen molar-refractivity contribution in [1.29, 1.82) is 0 Å². The van der Waals surface area contributed by atoms with E-state index in [2.05, 4.69) is 21.2 Å². The summed E-state index contributed by atoms with van der Waals surface area (Å²) in [5.74, 6) is -1.21. The molecule has 6 heteroatoms. The lowest BCUT2D eigenvalue weighted by atomic mass is 10.1. The van der Waals surface area contributed by atoms with Crippen LogP contribution in [-0.2, 0) is 4.79 Å². The zero-order valence-corrected chi connectivity index (χ0v) is 12.1. The molecule has 0 saturated carbocycles. The first-order valence-electron chi connectivity index (χ1n) is 5.85. The Hall–Kier alpha value is -1.24. The van der Waals surface area contributed by atoms with Gasteiger partial charge in [-0.1, -0.05) is 28.1 Å². The lowest BCUT2D eigenvalue weighted by molar-refractivity contribution is -0.142. The van der Waals surface area contributed by atoms with Crippen molar-refractivity contribution in [3.63, 3.8) is 0 Å². The molecule has 3 N–H and O–H groups in total. The Balaban J connectivity index is 2.46. The van der Waals surface area contributed by atoms with E-state index in [9.17, 15) is 14.7 Å². The van der Waals surface area contributed by atoms with Gasteiger partial charge >= 0.3 is 5.97 Å². The molecule has 2 atom stereocenters. The number of carboxylic acids is 1. The highest BCUT2D eigenvalue weighted by Crippen LogP contribution is 2.11. The Kier molecular flexibility index (Phi) is 6.14. The van der Waals surface area contributed by atoms with Crippen LogP contribution in [0, 0.1) is 0 Å². The molecule has 1 rings (SSSR count). The van der Waals surface area contributed by atoms with E-state index in [1.807, 2.05) is 0 Å². The fourth-order valence-electron chi connectivity index (χ4n) is 1.59. The number of ketones is 1. The smallest absolute Gasteiger partial charge is 0.323 e. The van der Waals surface area contributed by atoms with Crippen LogP contribution in [-0.4, -0.2) is 40.7 Å². The van der Waals surface area contributed by atoms with Gasteiger partial charge in [0.2, 0.25) is 0 Å². The third-order valence-corrected chi connectivity index (χ3v) is 3.16. The molecule has 0 fully saturated rings. The number of halogens is 1. The number of aliphatic hydroxyl groups is 1. The highest BCUT2D eigenvalue weighted by atomic mass is 79.9. The van der Waals surface area contributed by atoms with Crippen LogP contribution in [0.15, 0.2) is 28.7 Å². The molecule has 5 nitrogen and oxygen atoms in total. The molecule has 0 spiro atoms. The third-order valence-electron chi connectivity index (χ3n) is 2.63. The normalized spacial score (nSPS) is 13.8. The Morgan fingerprint density at radius 1 is 1.32 bits per heavy atom. The van der Waals surface area contributed by atoms with E-state index in [1.165, 1.54) is 6.92 Å². The molecule has 104 valence electrons. The summed E-state index contributed by atoms with van der Waals surface area (Å²) in [6, 6.07) is 5.90. The van der Waals surface area contributed by atoms with Crippen LogP contribution in [0.1, 0.15) is 23.7 Å². The standard InChI is InChI=1S/C13H16BrNO4/c1-8(16)12(13(18)19)15-7-6-11(17)9-2-4-10(14)5-3-9/h2-5,8,12,15-16H,6-7H2,1H3,(H,18,19)/t8-,12+/m0/s1. The van der Waals surface area contributed by atoms with Gasteiger partial charge in [-0.05, 0) is 19.1 Å². The molecule has 0 heterocycles. The molecular formula is C13H16BrNO4. The number of carboxylic acid groups (broad SMARTS) is 1. The largest absolute Gasteiger partial charge is 0.480 e. The predicted molar refractivity (Wildman–Crippen MR) is 74.2 cm³/mol. The Labute approximate surface area is 119 Å². The highest BCUT2D eigenvalue weighted by Gasteiger charge is 2.22. The maximum Gasteiger partial charge on any atom is 0.323 e. The summed E-state index contributed by atoms with van der Waals surface area (Å²) in [5.41, 5.74) is 0.578. The third kappa shape index (κ3) is 5.10. The van der Waals surface area contributed by atoms with Crippen molar-refractivity contribution in [3.8, 4) is 0 Å². The van der Waals surface area contributed by atoms with Gasteiger partial charge < -0.3 is 15.5 Å². The van der Waals surface area contributed by atoms with Gasteiger partial charge in [-0.3, -0.25) is 9.59 Å². The number of hydrogen-bond acceptors (Lipinski definition) is 4. The SMILES string of the molecule is C[C@H](O)[C@@H](NCCC(=O)c1ccc(Br)cc1)C(=O)O. The van der Waals surface area contributed by atoms with Crippen LogP contribution in [0.2, 0.25) is 0 Å². The van der Waals surface area contributed by atoms with E-state index in [0.717, 1.165) is 4.47 Å². The van der Waals surface area contributed by atoms with Gasteiger partial charge in [0.1, 0.15) is 6.04 Å². The van der Waals surface area contributed by atoms with E-state index in [-0.39, 0.29) is 18.7 Å². The summed E-state index contributed by atoms with van der Waals surface area (Å²) in [6.45, 7) is 1.60. The second kappa shape index (κ2) is 7.37. The fourth-order valence-corrected chi connectivity index (χ4v) is 1.85. The van der Waals surface area contributed by atoms with Gasteiger partial charge in [0, 0.05) is 23.0 Å². The molecule has 0 aliphatic heterocycles. The number of hydrogen-bond donors (Lipinski definition) is 3. The van der Waals surface area contributed by atoms with E-state index in [4.69, 9.17) is 5.11 Å². The number of aliphatic hydroxyl groups excluding tert-OH is 1. The van der Waals surface area contributed by atoms with Gasteiger partial charge in [-0.15, -0.1) is 0 Å². The zero-order valence-electron chi connectivity index (χ0n) is 10.5. The van der Waals surface area contributed by atoms with Crippen LogP contribution in [0.4, 0.5) is 0 Å². The van der Waals surface area contributed by atoms with Crippen molar-refractivity contribution in [2.45, 2.75) is 25.5 Å². The second-order valence-corrected chi connectivity index (χ2v) is 5.11. The maximum atomic E-state index is 11.8. The first-order valence-corrected chi connectivity index (χ1v) is 6.64. The highest BCUT2D eigenvalue weighted by molar-refractivity contribution is 9.10. The summed E-state index contributed by atoms with van der Waals surface area (Å²) in [7, 11) is 0. The zero-order chi connectivity index (χ0) is 14.4. The summed E-state index contributed by atoms with van der Waals surface area (Å²) in [4.78, 5) is 22.6. The summed E-state index contributed by atoms with van der Waals surface area (Å²) < 4.78 is 0.891. The summed E-state index contributed by atoms with van der Waals surface area (Å²) in [6.07, 6.45) is -0.835. The van der Waals surface area contributed by atoms with Crippen LogP contribution >= 0.6 is 15.9 Å². The van der Waals surface area contributed by atoms with Crippen molar-refractivity contribution in [2.24, 2.45) is 0 Å². The van der Waals surface area contributed by atoms with Gasteiger partial charge in [0.25, 0.3) is 0 Å². The van der Waals surface area contributed by atoms with Crippen molar-refractivity contribution in [1.82, 2.24) is 5.32 Å². The number of rotatable bonds is 7. The molecule has 0 saturated heterocycles. The minimum atomic E-state index is -1.13. The maximum absolute atomic E-state index is 11.8. The van der Waals surface area contributed by atoms with E-state index in [0.29, 0.717) is 5.56 Å². The van der Waals surface area contributed by atoms with Crippen molar-refractivity contribution >= 4 is 27.7 Å². The lowest BCUT2D eigenvalue weighted by Crippen LogP contribution is -2.45. The molecule has 0 aliphatic carbocycles. The quantitative estimate of drug-likeness (QED) is 0.659. The molecule has 0 aromatic heterocycles. The van der Waals surface area contributed by atoms with Crippen molar-refractivity contribution in [2.75, 3.05) is 6.54 Å². The number of aliphatic carboxylic acids is 1. The minimum absolute atomic E-state index is 0.0743. The van der Waals surface area contributed by atoms with Crippen LogP contribution in [0.5, 0.6) is 0 Å². The number of nitrogens with one attached hydrogen (secondary N) is 1. The number of carbonyl (C=O) groups is 2. The van der Waals surface area contributed by atoms with Gasteiger partial charge in [0.05, 0.1) is 6.10 Å². The molecule has 0 aliphatic rings. The van der Waals surface area contributed by atoms with Crippen LogP contribution in [0.25, 0.3) is 0 Å². The lowest BCUT2D eigenvalue weighted by Gasteiger charge is -2.16. The predicted octanol–water partition coefficient (Wildman–Crippen LogP) is 1.45. The summed E-state index contributed by atoms with van der Waals surface area (Å²) >= 11 is 3.28. The van der Waals surface area contributed by atoms with Gasteiger partial charge in [0.15, 0.2) is 5.78 Å². The van der Waals surface area contributed by atoms with Gasteiger partial charge in [-0.25, -0.2) is 0 Å². The Morgan fingerprint density at radius 2 is 1.89 bits per heavy atom. The molecule has 0 unspecified atom stereocenters. The fraction of sp³-hybridized carbons (Fsp3) is 0.385. The first-order chi connectivity index (χ1) is 8.91. The number of Topliss-reactive ketones (excluding diaryl/α,β-unsaturated/α-hetero) is 1. The van der Waals surface area contributed by atoms with Gasteiger partial charge in [-0.2, -0.15) is 0 Å². The topological polar surface area (TPSA) is 86.6 Å². The molecule has 0 bridgehead atoms. The Morgan fingerprint density at radius 3 is 2.37 bits per heavy atom. The number of carbonyl (C=O) groups excluding carboxylic acids is 1. The second-order valence-electron chi connectivity index (χ2n) is 4.19. The molecule has 0 amide bonds. The van der Waals surface area contributed by atoms with Crippen LogP contribution in [0.3, 0.4) is 0 Å².